The van der Waals surface area contributed by atoms with Crippen LogP contribution < -0.4 is 5.32 Å². The van der Waals surface area contributed by atoms with Crippen LogP contribution in [0.5, 0.6) is 0 Å². The largest absolute Gasteiger partial charge is 0.493 e. The summed E-state index contributed by atoms with van der Waals surface area (Å²) in [6.45, 7) is 5.63. The third kappa shape index (κ3) is 7.57. The standard InChI is InChI=1S/C44H39NO/c1-3-35(36-17-7-4-8-18-36)30-40-26-25-39(37-19-9-5-10-20-37)31-41(38-21-11-6-12-22-38)32-46-44(40)29-34-16-15-27-45-43-24-14-13-23-42(43)33(2)28-34/h1,4-24,28,30-31,39,45H,2,25-27,29,32H2/b16-15-,34-28+,35-30+,41-31+,44-40+/t39-/m0/s1. The van der Waals surface area contributed by atoms with Gasteiger partial charge in [0.1, 0.15) is 12.4 Å². The monoisotopic (exact) mass is 597 g/mol. The molecule has 1 atom stereocenters. The number of nitrogens with one attached hydrogen (secondary N) is 1. The number of rotatable bonds is 6. The van der Waals surface area contributed by atoms with Crippen molar-refractivity contribution in [3.05, 3.63) is 191 Å². The molecule has 0 saturated heterocycles. The highest BCUT2D eigenvalue weighted by atomic mass is 16.5. The minimum absolute atomic E-state index is 0.222. The molecule has 0 bridgehead atoms. The number of benzene rings is 4. The summed E-state index contributed by atoms with van der Waals surface area (Å²) in [7, 11) is 0. The number of hydrogen-bond acceptors (Lipinski definition) is 2. The molecular weight excluding hydrogens is 558 g/mol. The van der Waals surface area contributed by atoms with Crippen molar-refractivity contribution < 1.29 is 4.74 Å². The number of allylic oxidation sites excluding steroid dienone is 8. The molecule has 2 aliphatic rings. The van der Waals surface area contributed by atoms with Crippen LogP contribution >= 0.6 is 0 Å². The zero-order valence-electron chi connectivity index (χ0n) is 26.2. The molecule has 4 aromatic rings. The van der Waals surface area contributed by atoms with E-state index in [-0.39, 0.29) is 5.92 Å². The third-order valence-electron chi connectivity index (χ3n) is 8.56. The lowest BCUT2D eigenvalue weighted by Crippen LogP contribution is -2.03. The number of para-hydroxylation sites is 1. The number of terminal acetylenes is 1. The number of fused-ring (bicyclic) bond motifs is 1. The lowest BCUT2D eigenvalue weighted by Gasteiger charge is -2.17. The molecule has 0 unspecified atom stereocenters. The second-order valence-corrected chi connectivity index (χ2v) is 11.7. The molecule has 1 N–H and O–H groups in total. The maximum absolute atomic E-state index is 6.90. The first kappa shape index (κ1) is 30.5. The van der Waals surface area contributed by atoms with Crippen molar-refractivity contribution in [1.82, 2.24) is 0 Å². The van der Waals surface area contributed by atoms with Gasteiger partial charge in [0.15, 0.2) is 0 Å². The summed E-state index contributed by atoms with van der Waals surface area (Å²) in [6, 6.07) is 39.9. The van der Waals surface area contributed by atoms with Crippen molar-refractivity contribution in [1.29, 1.82) is 0 Å². The second kappa shape index (κ2) is 15.0. The van der Waals surface area contributed by atoms with Gasteiger partial charge in [0.25, 0.3) is 0 Å². The SMILES string of the molecule is C#C/C(=C\C1=C(/CC2=C/C(=C)c3ccccc3NC/C=C\2)OC/C(c2ccccc2)=C\[C@@H](c2ccccc2)CC1)c1ccccc1. The van der Waals surface area contributed by atoms with Crippen LogP contribution in [0.15, 0.2) is 169 Å². The summed E-state index contributed by atoms with van der Waals surface area (Å²) in [5.41, 5.74) is 10.9. The molecule has 2 aliphatic heterocycles. The van der Waals surface area contributed by atoms with Crippen LogP contribution in [0.3, 0.4) is 0 Å². The first-order valence-electron chi connectivity index (χ1n) is 16.0. The molecule has 226 valence electrons. The van der Waals surface area contributed by atoms with Gasteiger partial charge in [-0.15, -0.1) is 6.42 Å². The van der Waals surface area contributed by atoms with Crippen LogP contribution in [-0.2, 0) is 4.74 Å². The van der Waals surface area contributed by atoms with Crippen LogP contribution in [0, 0.1) is 12.3 Å². The first-order chi connectivity index (χ1) is 22.7. The van der Waals surface area contributed by atoms with E-state index in [1.165, 1.54) is 16.7 Å². The Labute approximate surface area is 273 Å². The van der Waals surface area contributed by atoms with Gasteiger partial charge in [-0.1, -0.05) is 146 Å². The molecule has 0 aromatic heterocycles. The minimum atomic E-state index is 0.222. The Kier molecular flexibility index (Phi) is 9.93. The summed E-state index contributed by atoms with van der Waals surface area (Å²) >= 11 is 0. The molecule has 4 aromatic carbocycles. The van der Waals surface area contributed by atoms with Crippen molar-refractivity contribution in [2.24, 2.45) is 0 Å². The molecule has 0 spiro atoms. The molecule has 2 nitrogen and oxygen atoms in total. The van der Waals surface area contributed by atoms with Gasteiger partial charge in [-0.2, -0.15) is 0 Å². The van der Waals surface area contributed by atoms with Crippen LogP contribution in [-0.4, -0.2) is 13.2 Å². The lowest BCUT2D eigenvalue weighted by molar-refractivity contribution is 0.243. The number of hydrogen-bond donors (Lipinski definition) is 1. The summed E-state index contributed by atoms with van der Waals surface area (Å²) in [6.07, 6.45) is 19.6. The van der Waals surface area contributed by atoms with Crippen molar-refractivity contribution >= 4 is 22.4 Å². The van der Waals surface area contributed by atoms with Crippen molar-refractivity contribution in [3.63, 3.8) is 0 Å². The Hall–Kier alpha value is -5.52. The van der Waals surface area contributed by atoms with Crippen molar-refractivity contribution in [2.45, 2.75) is 25.2 Å². The number of ether oxygens (including phenoxy) is 1. The van der Waals surface area contributed by atoms with Crippen LogP contribution in [0.4, 0.5) is 5.69 Å². The molecule has 2 heteroatoms. The zero-order valence-corrected chi connectivity index (χ0v) is 26.2. The topological polar surface area (TPSA) is 21.3 Å². The summed E-state index contributed by atoms with van der Waals surface area (Å²) in [4.78, 5) is 0. The predicted octanol–water partition coefficient (Wildman–Crippen LogP) is 10.6. The zero-order chi connectivity index (χ0) is 31.6. The van der Waals surface area contributed by atoms with Gasteiger partial charge in [0.05, 0.1) is 0 Å². The van der Waals surface area contributed by atoms with Crippen LogP contribution in [0.25, 0.3) is 16.7 Å². The molecule has 2 heterocycles. The van der Waals surface area contributed by atoms with E-state index in [2.05, 4.69) is 145 Å². The maximum Gasteiger partial charge on any atom is 0.113 e. The molecule has 0 fully saturated rings. The van der Waals surface area contributed by atoms with Gasteiger partial charge in [0.2, 0.25) is 0 Å². The van der Waals surface area contributed by atoms with E-state index in [4.69, 9.17) is 11.2 Å². The highest BCUT2D eigenvalue weighted by molar-refractivity contribution is 5.82. The summed E-state index contributed by atoms with van der Waals surface area (Å²) < 4.78 is 6.90. The highest BCUT2D eigenvalue weighted by Gasteiger charge is 2.20. The fraction of sp³-hybridized carbons (Fsp3) is 0.136. The van der Waals surface area contributed by atoms with Crippen molar-refractivity contribution in [3.8, 4) is 12.3 Å². The third-order valence-corrected chi connectivity index (χ3v) is 8.56. The Bertz CT molecular complexity index is 1860. The van der Waals surface area contributed by atoms with Gasteiger partial charge in [-0.3, -0.25) is 0 Å². The maximum atomic E-state index is 6.90. The molecule has 0 amide bonds. The normalized spacial score (nSPS) is 21.8. The molecule has 6 rings (SSSR count). The predicted molar refractivity (Wildman–Crippen MR) is 195 cm³/mol. The summed E-state index contributed by atoms with van der Waals surface area (Å²) in [5.74, 6) is 4.13. The van der Waals surface area contributed by atoms with Crippen molar-refractivity contribution in [2.75, 3.05) is 18.5 Å². The average molecular weight is 598 g/mol. The van der Waals surface area contributed by atoms with Gasteiger partial charge >= 0.3 is 0 Å². The summed E-state index contributed by atoms with van der Waals surface area (Å²) in [5, 5.41) is 3.53. The van der Waals surface area contributed by atoms with Crippen LogP contribution in [0.1, 0.15) is 47.4 Å². The highest BCUT2D eigenvalue weighted by Crippen LogP contribution is 2.36. The average Bonchev–Trinajstić information content (AvgIpc) is 3.24. The van der Waals surface area contributed by atoms with Gasteiger partial charge in [-0.25, -0.2) is 0 Å². The minimum Gasteiger partial charge on any atom is -0.493 e. The lowest BCUT2D eigenvalue weighted by atomic mass is 9.88. The molecular formula is C44H39NO. The number of anilines is 1. The van der Waals surface area contributed by atoms with Gasteiger partial charge in [0, 0.05) is 35.7 Å². The molecule has 0 aliphatic carbocycles. The van der Waals surface area contributed by atoms with E-state index >= 15 is 0 Å². The van der Waals surface area contributed by atoms with Gasteiger partial charge < -0.3 is 10.1 Å². The Morgan fingerprint density at radius 3 is 2.35 bits per heavy atom. The Balaban J connectivity index is 1.45. The molecule has 0 radical (unpaired) electrons. The molecule has 46 heavy (non-hydrogen) atoms. The van der Waals surface area contributed by atoms with Gasteiger partial charge in [-0.05, 0) is 64.0 Å². The van der Waals surface area contributed by atoms with E-state index in [9.17, 15) is 0 Å². The fourth-order valence-corrected chi connectivity index (χ4v) is 6.14. The van der Waals surface area contributed by atoms with E-state index in [1.807, 2.05) is 18.2 Å². The Morgan fingerprint density at radius 2 is 1.59 bits per heavy atom. The van der Waals surface area contributed by atoms with E-state index in [1.54, 1.807) is 0 Å². The van der Waals surface area contributed by atoms with E-state index in [0.717, 1.165) is 64.3 Å². The fourth-order valence-electron chi connectivity index (χ4n) is 6.14. The first-order valence-corrected chi connectivity index (χ1v) is 16.0. The second-order valence-electron chi connectivity index (χ2n) is 11.7. The van der Waals surface area contributed by atoms with E-state index < -0.39 is 0 Å². The molecule has 0 saturated carbocycles. The quantitative estimate of drug-likeness (QED) is 0.223. The smallest absolute Gasteiger partial charge is 0.113 e. The Morgan fingerprint density at radius 1 is 0.891 bits per heavy atom. The van der Waals surface area contributed by atoms with E-state index in [0.29, 0.717) is 13.0 Å². The van der Waals surface area contributed by atoms with Crippen LogP contribution in [0.2, 0.25) is 0 Å².